The molecule has 1 atom stereocenters. The van der Waals surface area contributed by atoms with E-state index in [9.17, 15) is 14.7 Å². The number of carbonyl (C=O) groups is 2. The molecule has 6 heteroatoms. The van der Waals surface area contributed by atoms with Crippen LogP contribution in [0.1, 0.15) is 87.2 Å². The highest BCUT2D eigenvalue weighted by Crippen LogP contribution is 2.38. The van der Waals surface area contributed by atoms with Crippen molar-refractivity contribution in [2.75, 3.05) is 12.4 Å². The number of benzene rings is 2. The minimum absolute atomic E-state index is 0.0791. The number of amides is 2. The van der Waals surface area contributed by atoms with Gasteiger partial charge in [-0.1, -0.05) is 65.2 Å². The normalized spacial score (nSPS) is 12.3. The Morgan fingerprint density at radius 1 is 1.16 bits per heavy atom. The average Bonchev–Trinajstić information content (AvgIpc) is 2.72. The van der Waals surface area contributed by atoms with Crippen LogP contribution in [0.15, 0.2) is 36.4 Å². The largest absolute Gasteiger partial charge is 0.504 e. The van der Waals surface area contributed by atoms with Gasteiger partial charge in [-0.2, -0.15) is 0 Å². The van der Waals surface area contributed by atoms with Gasteiger partial charge < -0.3 is 20.9 Å². The predicted octanol–water partition coefficient (Wildman–Crippen LogP) is 5.49. The molecule has 0 aliphatic heterocycles. The van der Waals surface area contributed by atoms with E-state index in [1.54, 1.807) is 18.2 Å². The molecule has 0 saturated carbocycles. The molecule has 2 aromatic carbocycles. The second-order valence-electron chi connectivity index (χ2n) is 9.22. The van der Waals surface area contributed by atoms with E-state index in [1.807, 2.05) is 39.0 Å². The Morgan fingerprint density at radius 3 is 2.47 bits per heavy atom. The molecule has 0 saturated heterocycles. The van der Waals surface area contributed by atoms with Gasteiger partial charge in [0, 0.05) is 23.2 Å². The molecule has 0 radical (unpaired) electrons. The quantitative estimate of drug-likeness (QED) is 0.425. The Hall–Kier alpha value is -3.02. The monoisotopic (exact) mass is 440 g/mol. The Morgan fingerprint density at radius 2 is 1.88 bits per heavy atom. The Labute approximate surface area is 191 Å². The van der Waals surface area contributed by atoms with Crippen LogP contribution >= 0.6 is 0 Å². The lowest BCUT2D eigenvalue weighted by atomic mass is 9.84. The highest BCUT2D eigenvalue weighted by molar-refractivity contribution is 5.97. The third-order valence-electron chi connectivity index (χ3n) is 5.66. The van der Waals surface area contributed by atoms with Crippen LogP contribution in [0.5, 0.6) is 11.5 Å². The van der Waals surface area contributed by atoms with Crippen LogP contribution in [0.4, 0.5) is 5.69 Å². The number of hydrogen-bond acceptors (Lipinski definition) is 4. The smallest absolute Gasteiger partial charge is 0.248 e. The van der Waals surface area contributed by atoms with Gasteiger partial charge >= 0.3 is 0 Å². The molecule has 0 aliphatic carbocycles. The van der Waals surface area contributed by atoms with Crippen LogP contribution in [0.25, 0.3) is 0 Å². The zero-order valence-electron chi connectivity index (χ0n) is 19.8. The van der Waals surface area contributed by atoms with E-state index in [0.29, 0.717) is 22.6 Å². The van der Waals surface area contributed by atoms with Crippen molar-refractivity contribution in [2.24, 2.45) is 5.73 Å². The van der Waals surface area contributed by atoms with E-state index in [2.05, 4.69) is 12.2 Å². The number of unbranched alkanes of at least 4 members (excludes halogenated alkanes) is 2. The fraction of sp³-hybridized carbons (Fsp3) is 0.462. The van der Waals surface area contributed by atoms with Crippen LogP contribution in [0.3, 0.4) is 0 Å². The maximum absolute atomic E-state index is 13.1. The standard InChI is InChI=1S/C26H36N2O4/c1-6-7-8-10-17(19-11-9-12-22(32-5)24(19)30)16-23(29)28-21-15-18(25(27)31)13-14-20(21)26(2,3)4/h9,11-15,17,30H,6-8,10,16H2,1-5H3,(H2,27,31)(H,28,29). The number of methoxy groups -OCH3 is 1. The molecule has 4 N–H and O–H groups in total. The number of nitrogens with one attached hydrogen (secondary N) is 1. The molecule has 1 unspecified atom stereocenters. The summed E-state index contributed by atoms with van der Waals surface area (Å²) in [6.07, 6.45) is 4.05. The first-order valence-corrected chi connectivity index (χ1v) is 11.2. The van der Waals surface area contributed by atoms with Crippen LogP contribution in [-0.2, 0) is 10.2 Å². The molecule has 2 rings (SSSR count). The lowest BCUT2D eigenvalue weighted by Gasteiger charge is -2.24. The lowest BCUT2D eigenvalue weighted by Crippen LogP contribution is -2.21. The number of carbonyl (C=O) groups excluding carboxylic acids is 2. The first-order valence-electron chi connectivity index (χ1n) is 11.2. The number of primary amides is 1. The highest BCUT2D eigenvalue weighted by atomic mass is 16.5. The molecule has 0 spiro atoms. The average molecular weight is 441 g/mol. The van der Waals surface area contributed by atoms with Crippen molar-refractivity contribution in [2.45, 2.75) is 71.1 Å². The number of phenolic OH excluding ortho intramolecular Hbond substituents is 1. The molecule has 0 bridgehead atoms. The second-order valence-corrected chi connectivity index (χ2v) is 9.22. The number of hydrogen-bond donors (Lipinski definition) is 3. The fourth-order valence-corrected chi connectivity index (χ4v) is 3.92. The molecule has 6 nitrogen and oxygen atoms in total. The zero-order chi connectivity index (χ0) is 23.9. The molecular formula is C26H36N2O4. The summed E-state index contributed by atoms with van der Waals surface area (Å²) in [7, 11) is 1.51. The van der Waals surface area contributed by atoms with E-state index in [0.717, 1.165) is 31.2 Å². The molecular weight excluding hydrogens is 404 g/mol. The van der Waals surface area contributed by atoms with Crippen LogP contribution in [-0.4, -0.2) is 24.0 Å². The summed E-state index contributed by atoms with van der Waals surface area (Å²) in [6, 6.07) is 10.5. The fourth-order valence-electron chi connectivity index (χ4n) is 3.92. The van der Waals surface area contributed by atoms with Crippen molar-refractivity contribution in [3.05, 3.63) is 53.1 Å². The van der Waals surface area contributed by atoms with Crippen LogP contribution < -0.4 is 15.8 Å². The Kier molecular flexibility index (Phi) is 8.70. The minimum atomic E-state index is -0.542. The van der Waals surface area contributed by atoms with Gasteiger partial charge in [0.2, 0.25) is 11.8 Å². The van der Waals surface area contributed by atoms with E-state index in [1.165, 1.54) is 7.11 Å². The Bertz CT molecular complexity index is 947. The summed E-state index contributed by atoms with van der Waals surface area (Å²) in [5.41, 5.74) is 7.77. The third-order valence-corrected chi connectivity index (χ3v) is 5.66. The van der Waals surface area contributed by atoms with Crippen LogP contribution in [0.2, 0.25) is 0 Å². The SMILES string of the molecule is CCCCCC(CC(=O)Nc1cc(C(N)=O)ccc1C(C)(C)C)c1cccc(OC)c1O. The molecule has 32 heavy (non-hydrogen) atoms. The summed E-state index contributed by atoms with van der Waals surface area (Å²) in [6.45, 7) is 8.27. The van der Waals surface area contributed by atoms with Crippen molar-refractivity contribution in [1.29, 1.82) is 0 Å². The van der Waals surface area contributed by atoms with E-state index < -0.39 is 5.91 Å². The van der Waals surface area contributed by atoms with Gasteiger partial charge in [-0.3, -0.25) is 9.59 Å². The van der Waals surface area contributed by atoms with E-state index in [4.69, 9.17) is 10.5 Å². The van der Waals surface area contributed by atoms with Crippen molar-refractivity contribution in [1.82, 2.24) is 0 Å². The second kappa shape index (κ2) is 11.0. The van der Waals surface area contributed by atoms with Gasteiger partial charge in [-0.05, 0) is 41.5 Å². The molecule has 0 aromatic heterocycles. The molecule has 2 aromatic rings. The highest BCUT2D eigenvalue weighted by Gasteiger charge is 2.24. The summed E-state index contributed by atoms with van der Waals surface area (Å²) in [5.74, 6) is -0.405. The van der Waals surface area contributed by atoms with Gasteiger partial charge in [-0.25, -0.2) is 0 Å². The maximum Gasteiger partial charge on any atom is 0.248 e. The number of ether oxygens (including phenoxy) is 1. The summed E-state index contributed by atoms with van der Waals surface area (Å²) in [5, 5.41) is 13.7. The topological polar surface area (TPSA) is 102 Å². The zero-order valence-corrected chi connectivity index (χ0v) is 19.8. The maximum atomic E-state index is 13.1. The number of anilines is 1. The van der Waals surface area contributed by atoms with E-state index in [-0.39, 0.29) is 29.4 Å². The van der Waals surface area contributed by atoms with Gasteiger partial charge in [-0.15, -0.1) is 0 Å². The number of rotatable bonds is 10. The lowest BCUT2D eigenvalue weighted by molar-refractivity contribution is -0.116. The number of para-hydroxylation sites is 1. The molecule has 174 valence electrons. The number of phenols is 1. The van der Waals surface area contributed by atoms with E-state index >= 15 is 0 Å². The number of nitrogens with two attached hydrogens (primary N) is 1. The van der Waals surface area contributed by atoms with Crippen LogP contribution in [0, 0.1) is 0 Å². The molecule has 2 amide bonds. The summed E-state index contributed by atoms with van der Waals surface area (Å²) >= 11 is 0. The van der Waals surface area contributed by atoms with Gasteiger partial charge in [0.1, 0.15) is 0 Å². The van der Waals surface area contributed by atoms with Crippen molar-refractivity contribution in [3.63, 3.8) is 0 Å². The minimum Gasteiger partial charge on any atom is -0.504 e. The van der Waals surface area contributed by atoms with Gasteiger partial charge in [0.15, 0.2) is 11.5 Å². The first kappa shape index (κ1) is 25.2. The van der Waals surface area contributed by atoms with Gasteiger partial charge in [0.05, 0.1) is 7.11 Å². The van der Waals surface area contributed by atoms with Crippen molar-refractivity contribution < 1.29 is 19.4 Å². The summed E-state index contributed by atoms with van der Waals surface area (Å²) in [4.78, 5) is 24.8. The van der Waals surface area contributed by atoms with Gasteiger partial charge in [0.25, 0.3) is 0 Å². The third kappa shape index (κ3) is 6.49. The van der Waals surface area contributed by atoms with Crippen molar-refractivity contribution >= 4 is 17.5 Å². The molecule has 0 fully saturated rings. The molecule has 0 heterocycles. The Balaban J connectivity index is 2.32. The number of aromatic hydroxyl groups is 1. The summed E-state index contributed by atoms with van der Waals surface area (Å²) < 4.78 is 5.26. The van der Waals surface area contributed by atoms with Crippen molar-refractivity contribution in [3.8, 4) is 11.5 Å². The first-order chi connectivity index (χ1) is 15.1. The molecule has 0 aliphatic rings. The predicted molar refractivity (Wildman–Crippen MR) is 128 cm³/mol.